The van der Waals surface area contributed by atoms with Gasteiger partial charge in [0, 0.05) is 31.2 Å². The molecule has 0 spiro atoms. The lowest BCUT2D eigenvalue weighted by Gasteiger charge is -2.37. The molecule has 1 aromatic carbocycles. The zero-order valence-electron chi connectivity index (χ0n) is 20.6. The Morgan fingerprint density at radius 2 is 1.89 bits per heavy atom. The van der Waals surface area contributed by atoms with Gasteiger partial charge < -0.3 is 25.6 Å². The number of aliphatic hydroxyl groups is 1. The lowest BCUT2D eigenvalue weighted by Crippen LogP contribution is -2.55. The van der Waals surface area contributed by atoms with E-state index in [1.165, 1.54) is 29.5 Å². The standard InChI is InChI=1S/C24H30ClN5O6S/c1-23(2,18(31)11-19(26)32)37(35,36)24(7-8-24)14-29-9-10-30-17(22(29)34)13-27-20(30)21(33)28-12-15-3-5-16(25)6-4-15/h3-6,13,18,31H,7-12,14H2,1-2H3,(H2,26,32)(H,28,33). The van der Waals surface area contributed by atoms with E-state index in [2.05, 4.69) is 10.3 Å². The van der Waals surface area contributed by atoms with Crippen LogP contribution in [-0.2, 0) is 27.7 Å². The molecule has 2 heterocycles. The van der Waals surface area contributed by atoms with Crippen LogP contribution in [0.5, 0.6) is 0 Å². The van der Waals surface area contributed by atoms with Gasteiger partial charge >= 0.3 is 0 Å². The number of hydrogen-bond donors (Lipinski definition) is 3. The van der Waals surface area contributed by atoms with Gasteiger partial charge in [-0.2, -0.15) is 0 Å². The molecule has 0 radical (unpaired) electrons. The van der Waals surface area contributed by atoms with E-state index in [0.29, 0.717) is 17.9 Å². The summed E-state index contributed by atoms with van der Waals surface area (Å²) in [7, 11) is -3.96. The Balaban J connectivity index is 1.46. The van der Waals surface area contributed by atoms with Crippen molar-refractivity contribution in [1.82, 2.24) is 19.8 Å². The summed E-state index contributed by atoms with van der Waals surface area (Å²) in [5, 5.41) is 13.8. The molecule has 1 unspecified atom stereocenters. The lowest BCUT2D eigenvalue weighted by molar-refractivity contribution is -0.120. The lowest BCUT2D eigenvalue weighted by atomic mass is 10.0. The van der Waals surface area contributed by atoms with Crippen LogP contribution in [0.1, 0.15) is 59.8 Å². The number of amides is 3. The van der Waals surface area contributed by atoms with Crippen molar-refractivity contribution in [2.75, 3.05) is 13.1 Å². The molecule has 3 amide bonds. The van der Waals surface area contributed by atoms with Gasteiger partial charge in [0.2, 0.25) is 5.91 Å². The van der Waals surface area contributed by atoms with Crippen molar-refractivity contribution in [2.45, 2.75) is 61.8 Å². The first kappa shape index (κ1) is 27.1. The van der Waals surface area contributed by atoms with Crippen LogP contribution < -0.4 is 11.1 Å². The van der Waals surface area contributed by atoms with Crippen molar-refractivity contribution in [1.29, 1.82) is 0 Å². The van der Waals surface area contributed by atoms with Crippen molar-refractivity contribution in [3.05, 3.63) is 52.6 Å². The van der Waals surface area contributed by atoms with Crippen LogP contribution in [0.4, 0.5) is 0 Å². The second kappa shape index (κ2) is 9.73. The number of primary amides is 1. The number of imidazole rings is 1. The van der Waals surface area contributed by atoms with E-state index in [-0.39, 0.29) is 37.7 Å². The maximum absolute atomic E-state index is 13.6. The van der Waals surface area contributed by atoms with E-state index in [0.717, 1.165) is 5.56 Å². The summed E-state index contributed by atoms with van der Waals surface area (Å²) in [6.07, 6.45) is 0.0418. The summed E-state index contributed by atoms with van der Waals surface area (Å²) >= 11 is 5.89. The smallest absolute Gasteiger partial charge is 0.287 e. The fourth-order valence-corrected chi connectivity index (χ4v) is 7.27. The highest BCUT2D eigenvalue weighted by Crippen LogP contribution is 2.50. The molecule has 11 nitrogen and oxygen atoms in total. The van der Waals surface area contributed by atoms with E-state index in [1.807, 2.05) is 0 Å². The third kappa shape index (κ3) is 4.97. The molecule has 1 atom stereocenters. The molecule has 0 saturated heterocycles. The SMILES string of the molecule is CC(C)(C(O)CC(N)=O)S(=O)(=O)C1(CN2CCn3c(cnc3C(=O)NCc3ccc(Cl)cc3)C2=O)CC1. The Hall–Kier alpha value is -2.96. The molecule has 37 heavy (non-hydrogen) atoms. The highest BCUT2D eigenvalue weighted by molar-refractivity contribution is 7.94. The van der Waals surface area contributed by atoms with Crippen molar-refractivity contribution in [2.24, 2.45) is 5.73 Å². The minimum Gasteiger partial charge on any atom is -0.391 e. The summed E-state index contributed by atoms with van der Waals surface area (Å²) in [5.74, 6) is -1.56. The number of rotatable bonds is 10. The summed E-state index contributed by atoms with van der Waals surface area (Å²) in [6.45, 7) is 3.42. The van der Waals surface area contributed by atoms with Gasteiger partial charge in [0.25, 0.3) is 11.8 Å². The number of carbonyl (C=O) groups excluding carboxylic acids is 3. The van der Waals surface area contributed by atoms with Crippen LogP contribution >= 0.6 is 11.6 Å². The molecular formula is C24H30ClN5O6S. The first-order valence-electron chi connectivity index (χ1n) is 11.9. The number of aromatic nitrogens is 2. The zero-order chi connectivity index (χ0) is 27.2. The Kier molecular flexibility index (Phi) is 7.12. The van der Waals surface area contributed by atoms with Crippen LogP contribution in [-0.4, -0.2) is 74.4 Å². The van der Waals surface area contributed by atoms with E-state index in [4.69, 9.17) is 17.3 Å². The second-order valence-corrected chi connectivity index (χ2v) is 13.5. The monoisotopic (exact) mass is 551 g/mol. The van der Waals surface area contributed by atoms with E-state index < -0.39 is 49.6 Å². The molecule has 200 valence electrons. The second-order valence-electron chi connectivity index (χ2n) is 10.1. The number of nitrogens with zero attached hydrogens (tertiary/aromatic N) is 3. The van der Waals surface area contributed by atoms with Crippen molar-refractivity contribution >= 4 is 39.2 Å². The molecule has 2 aromatic rings. The maximum Gasteiger partial charge on any atom is 0.287 e. The molecule has 2 aliphatic rings. The molecule has 1 fully saturated rings. The topological polar surface area (TPSA) is 165 Å². The minimum atomic E-state index is -3.96. The van der Waals surface area contributed by atoms with Crippen LogP contribution in [0.3, 0.4) is 0 Å². The molecule has 4 N–H and O–H groups in total. The molecule has 1 aromatic heterocycles. The van der Waals surface area contributed by atoms with Gasteiger partial charge in [0.05, 0.1) is 28.2 Å². The number of nitrogens with two attached hydrogens (primary N) is 1. The number of hydrogen-bond acceptors (Lipinski definition) is 7. The summed E-state index contributed by atoms with van der Waals surface area (Å²) in [5.41, 5.74) is 6.21. The molecule has 4 rings (SSSR count). The van der Waals surface area contributed by atoms with Crippen molar-refractivity contribution in [3.8, 4) is 0 Å². The number of carbonyl (C=O) groups is 3. The van der Waals surface area contributed by atoms with Crippen molar-refractivity contribution in [3.63, 3.8) is 0 Å². The largest absolute Gasteiger partial charge is 0.391 e. The third-order valence-electron chi connectivity index (χ3n) is 7.27. The molecule has 13 heteroatoms. The van der Waals surface area contributed by atoms with Crippen LogP contribution in [0.2, 0.25) is 5.02 Å². The van der Waals surface area contributed by atoms with Gasteiger partial charge in [-0.15, -0.1) is 0 Å². The summed E-state index contributed by atoms with van der Waals surface area (Å²) in [6, 6.07) is 7.03. The number of nitrogens with one attached hydrogen (secondary N) is 1. The van der Waals surface area contributed by atoms with E-state index in [9.17, 15) is 27.9 Å². The van der Waals surface area contributed by atoms with Gasteiger partial charge in [0.1, 0.15) is 5.69 Å². The highest BCUT2D eigenvalue weighted by Gasteiger charge is 2.62. The zero-order valence-corrected chi connectivity index (χ0v) is 22.2. The predicted molar refractivity (Wildman–Crippen MR) is 136 cm³/mol. The quantitative estimate of drug-likeness (QED) is 0.394. The average molecular weight is 552 g/mol. The van der Waals surface area contributed by atoms with Gasteiger partial charge in [-0.3, -0.25) is 14.4 Å². The number of sulfone groups is 1. The van der Waals surface area contributed by atoms with Crippen LogP contribution in [0, 0.1) is 0 Å². The molecule has 1 aliphatic carbocycles. The summed E-state index contributed by atoms with van der Waals surface area (Å²) < 4.78 is 25.8. The van der Waals surface area contributed by atoms with Crippen molar-refractivity contribution < 1.29 is 27.9 Å². The average Bonchev–Trinajstić information content (AvgIpc) is 3.50. The fourth-order valence-electron chi connectivity index (χ4n) is 4.63. The first-order chi connectivity index (χ1) is 17.3. The normalized spacial score (nSPS) is 17.7. The number of benzene rings is 1. The first-order valence-corrected chi connectivity index (χ1v) is 13.7. The Bertz CT molecular complexity index is 1330. The summed E-state index contributed by atoms with van der Waals surface area (Å²) in [4.78, 5) is 42.9. The molecular weight excluding hydrogens is 522 g/mol. The Morgan fingerprint density at radius 3 is 2.49 bits per heavy atom. The van der Waals surface area contributed by atoms with Gasteiger partial charge in [-0.05, 0) is 44.4 Å². The van der Waals surface area contributed by atoms with Crippen LogP contribution in [0.25, 0.3) is 0 Å². The minimum absolute atomic E-state index is 0.0514. The maximum atomic E-state index is 13.6. The number of fused-ring (bicyclic) bond motifs is 1. The highest BCUT2D eigenvalue weighted by atomic mass is 35.5. The Labute approximate surface area is 219 Å². The molecule has 0 bridgehead atoms. The number of aliphatic hydroxyl groups excluding tert-OH is 1. The Morgan fingerprint density at radius 1 is 1.24 bits per heavy atom. The van der Waals surface area contributed by atoms with E-state index >= 15 is 0 Å². The van der Waals surface area contributed by atoms with Gasteiger partial charge in [0.15, 0.2) is 15.7 Å². The van der Waals surface area contributed by atoms with Crippen LogP contribution in [0.15, 0.2) is 30.5 Å². The molecule has 1 aliphatic heterocycles. The van der Waals surface area contributed by atoms with Gasteiger partial charge in [-0.1, -0.05) is 23.7 Å². The predicted octanol–water partition coefficient (Wildman–Crippen LogP) is 0.885. The number of halogens is 1. The van der Waals surface area contributed by atoms with Gasteiger partial charge in [-0.25, -0.2) is 13.4 Å². The van der Waals surface area contributed by atoms with E-state index in [1.54, 1.807) is 24.3 Å². The molecule has 1 saturated carbocycles. The third-order valence-corrected chi connectivity index (χ3v) is 10.9. The fraction of sp³-hybridized carbons (Fsp3) is 0.500.